The number of furan rings is 1. The fraction of sp³-hybridized carbons (Fsp3) is 0.519. The van der Waals surface area contributed by atoms with E-state index in [1.165, 1.54) is 0 Å². The first kappa shape index (κ1) is 28.5. The van der Waals surface area contributed by atoms with E-state index in [2.05, 4.69) is 20.9 Å². The van der Waals surface area contributed by atoms with Crippen LogP contribution in [0, 0.1) is 5.92 Å². The molecule has 0 saturated carbocycles. The number of piperazine rings is 1. The van der Waals surface area contributed by atoms with Crippen LogP contribution in [0.2, 0.25) is 5.02 Å². The van der Waals surface area contributed by atoms with Crippen molar-refractivity contribution in [3.8, 4) is 0 Å². The number of amides is 4. The molecule has 0 unspecified atom stereocenters. The summed E-state index contributed by atoms with van der Waals surface area (Å²) in [7, 11) is 0. The molecule has 1 aromatic carbocycles. The summed E-state index contributed by atoms with van der Waals surface area (Å²) in [5, 5.41) is 8.71. The highest BCUT2D eigenvalue weighted by molar-refractivity contribution is 6.34. The average molecular weight is 532 g/mol. The number of anilines is 1. The molecule has 0 atom stereocenters. The fourth-order valence-electron chi connectivity index (χ4n) is 3.87. The SMILES string of the molecule is CC(C)CNC(=O)Nc1ccc(C(=O)N2CCN(CCc3ccc(C(=O)NC(C)(C)C)o3)CC2)cc1Cl. The minimum Gasteiger partial charge on any atom is -0.456 e. The third-order valence-corrected chi connectivity index (χ3v) is 6.16. The third kappa shape index (κ3) is 8.79. The summed E-state index contributed by atoms with van der Waals surface area (Å²) < 4.78 is 5.72. The van der Waals surface area contributed by atoms with Crippen LogP contribution >= 0.6 is 11.6 Å². The standard InChI is InChI=1S/C27H38ClN5O4/c1-18(2)17-29-26(36)30-22-8-6-19(16-21(22)28)25(35)33-14-12-32(13-15-33)11-10-20-7-9-23(37-20)24(34)31-27(3,4)5/h6-9,16,18H,10-15,17H2,1-5H3,(H,31,34)(H2,29,30,36). The van der Waals surface area contributed by atoms with E-state index in [0.717, 1.165) is 25.4 Å². The Balaban J connectivity index is 1.46. The highest BCUT2D eigenvalue weighted by atomic mass is 35.5. The van der Waals surface area contributed by atoms with Crippen LogP contribution in [0.4, 0.5) is 10.5 Å². The van der Waals surface area contributed by atoms with Gasteiger partial charge in [-0.05, 0) is 57.0 Å². The Kier molecular flexibility index (Phi) is 9.62. The number of urea groups is 1. The number of carbonyl (C=O) groups is 3. The van der Waals surface area contributed by atoms with Gasteiger partial charge >= 0.3 is 6.03 Å². The zero-order chi connectivity index (χ0) is 27.2. The second-order valence-corrected chi connectivity index (χ2v) is 11.2. The predicted octanol–water partition coefficient (Wildman–Crippen LogP) is 4.24. The smallest absolute Gasteiger partial charge is 0.319 e. The molecule has 3 rings (SSSR count). The highest BCUT2D eigenvalue weighted by Gasteiger charge is 2.23. The number of halogens is 1. The Morgan fingerprint density at radius 1 is 1.05 bits per heavy atom. The van der Waals surface area contributed by atoms with Crippen LogP contribution in [-0.4, -0.2) is 72.5 Å². The molecule has 10 heteroatoms. The molecule has 1 aliphatic rings. The van der Waals surface area contributed by atoms with Gasteiger partial charge in [-0.15, -0.1) is 0 Å². The van der Waals surface area contributed by atoms with Crippen LogP contribution in [-0.2, 0) is 6.42 Å². The van der Waals surface area contributed by atoms with E-state index in [4.69, 9.17) is 16.0 Å². The molecule has 0 spiro atoms. The predicted molar refractivity (Wildman–Crippen MR) is 145 cm³/mol. The summed E-state index contributed by atoms with van der Waals surface area (Å²) in [6.07, 6.45) is 0.686. The summed E-state index contributed by atoms with van der Waals surface area (Å²) >= 11 is 6.34. The van der Waals surface area contributed by atoms with Gasteiger partial charge in [0.25, 0.3) is 11.8 Å². The topological polar surface area (TPSA) is 107 Å². The molecule has 1 aliphatic heterocycles. The van der Waals surface area contributed by atoms with E-state index in [-0.39, 0.29) is 23.4 Å². The molecular formula is C27H38ClN5O4. The van der Waals surface area contributed by atoms with Crippen molar-refractivity contribution in [2.45, 2.75) is 46.6 Å². The molecule has 2 heterocycles. The van der Waals surface area contributed by atoms with Crippen molar-refractivity contribution in [3.05, 3.63) is 52.4 Å². The molecule has 0 bridgehead atoms. The van der Waals surface area contributed by atoms with Crippen LogP contribution in [0.5, 0.6) is 0 Å². The maximum absolute atomic E-state index is 13.0. The van der Waals surface area contributed by atoms with Crippen molar-refractivity contribution < 1.29 is 18.8 Å². The van der Waals surface area contributed by atoms with Gasteiger partial charge in [0.1, 0.15) is 5.76 Å². The largest absolute Gasteiger partial charge is 0.456 e. The fourth-order valence-corrected chi connectivity index (χ4v) is 4.10. The first-order valence-electron chi connectivity index (χ1n) is 12.7. The van der Waals surface area contributed by atoms with Gasteiger partial charge in [-0.1, -0.05) is 25.4 Å². The molecule has 4 amide bonds. The molecule has 1 saturated heterocycles. The van der Waals surface area contributed by atoms with Crippen LogP contribution in [0.3, 0.4) is 0 Å². The van der Waals surface area contributed by atoms with Gasteiger partial charge in [0.2, 0.25) is 0 Å². The van der Waals surface area contributed by atoms with Crippen molar-refractivity contribution in [1.29, 1.82) is 0 Å². The molecule has 1 fully saturated rings. The van der Waals surface area contributed by atoms with Crippen LogP contribution in [0.25, 0.3) is 0 Å². The van der Waals surface area contributed by atoms with Crippen molar-refractivity contribution in [3.63, 3.8) is 0 Å². The molecule has 1 aromatic heterocycles. The molecular weight excluding hydrogens is 494 g/mol. The van der Waals surface area contributed by atoms with Crippen molar-refractivity contribution in [2.24, 2.45) is 5.92 Å². The highest BCUT2D eigenvalue weighted by Crippen LogP contribution is 2.24. The third-order valence-electron chi connectivity index (χ3n) is 5.84. The Bertz CT molecular complexity index is 1100. The van der Waals surface area contributed by atoms with Gasteiger partial charge in [0, 0.05) is 56.8 Å². The van der Waals surface area contributed by atoms with Gasteiger partial charge in [-0.3, -0.25) is 14.5 Å². The Hall–Kier alpha value is -3.04. The minimum atomic E-state index is -0.329. The quantitative estimate of drug-likeness (QED) is 0.472. The number of hydrogen-bond acceptors (Lipinski definition) is 5. The van der Waals surface area contributed by atoms with E-state index < -0.39 is 0 Å². The number of rotatable bonds is 8. The monoisotopic (exact) mass is 531 g/mol. The zero-order valence-corrected chi connectivity index (χ0v) is 23.1. The maximum atomic E-state index is 13.0. The number of nitrogens with zero attached hydrogens (tertiary/aromatic N) is 2. The van der Waals surface area contributed by atoms with Crippen molar-refractivity contribution >= 4 is 35.1 Å². The van der Waals surface area contributed by atoms with Gasteiger partial charge in [-0.2, -0.15) is 0 Å². The Morgan fingerprint density at radius 3 is 2.38 bits per heavy atom. The lowest BCUT2D eigenvalue weighted by Gasteiger charge is -2.34. The summed E-state index contributed by atoms with van der Waals surface area (Å²) in [5.74, 6) is 1.11. The summed E-state index contributed by atoms with van der Waals surface area (Å²) in [5.41, 5.74) is 0.624. The first-order valence-corrected chi connectivity index (χ1v) is 13.1. The molecule has 9 nitrogen and oxygen atoms in total. The second kappa shape index (κ2) is 12.5. The summed E-state index contributed by atoms with van der Waals surface area (Å²) in [6, 6.07) is 8.15. The second-order valence-electron chi connectivity index (χ2n) is 10.8. The molecule has 2 aromatic rings. The molecule has 0 radical (unpaired) electrons. The lowest BCUT2D eigenvalue weighted by molar-refractivity contribution is 0.0637. The van der Waals surface area contributed by atoms with Gasteiger partial charge in [0.05, 0.1) is 10.7 Å². The van der Waals surface area contributed by atoms with Gasteiger partial charge < -0.3 is 25.3 Å². The molecule has 37 heavy (non-hydrogen) atoms. The van der Waals surface area contributed by atoms with E-state index in [1.807, 2.05) is 45.6 Å². The van der Waals surface area contributed by atoms with E-state index >= 15 is 0 Å². The van der Waals surface area contributed by atoms with Crippen LogP contribution < -0.4 is 16.0 Å². The van der Waals surface area contributed by atoms with E-state index in [9.17, 15) is 14.4 Å². The molecule has 202 valence electrons. The van der Waals surface area contributed by atoms with E-state index in [1.54, 1.807) is 24.3 Å². The minimum absolute atomic E-state index is 0.0853. The lowest BCUT2D eigenvalue weighted by Crippen LogP contribution is -2.49. The Labute approximate surface area is 223 Å². The zero-order valence-electron chi connectivity index (χ0n) is 22.3. The lowest BCUT2D eigenvalue weighted by atomic mass is 10.1. The van der Waals surface area contributed by atoms with Gasteiger partial charge in [0.15, 0.2) is 5.76 Å². The first-order chi connectivity index (χ1) is 17.4. The number of carbonyl (C=O) groups excluding carboxylic acids is 3. The maximum Gasteiger partial charge on any atom is 0.319 e. The number of nitrogens with one attached hydrogen (secondary N) is 3. The normalized spacial score (nSPS) is 14.5. The molecule has 0 aliphatic carbocycles. The van der Waals surface area contributed by atoms with Gasteiger partial charge in [-0.25, -0.2) is 4.79 Å². The number of hydrogen-bond donors (Lipinski definition) is 3. The summed E-state index contributed by atoms with van der Waals surface area (Å²) in [4.78, 5) is 41.4. The van der Waals surface area contributed by atoms with Crippen LogP contribution in [0.1, 0.15) is 61.3 Å². The molecule has 3 N–H and O–H groups in total. The van der Waals surface area contributed by atoms with Crippen LogP contribution in [0.15, 0.2) is 34.7 Å². The van der Waals surface area contributed by atoms with Crippen molar-refractivity contribution in [2.75, 3.05) is 44.6 Å². The van der Waals surface area contributed by atoms with Crippen molar-refractivity contribution in [1.82, 2.24) is 20.4 Å². The summed E-state index contributed by atoms with van der Waals surface area (Å²) in [6.45, 7) is 13.8. The average Bonchev–Trinajstić information content (AvgIpc) is 3.31. The Morgan fingerprint density at radius 2 is 1.76 bits per heavy atom. The number of benzene rings is 1. The van der Waals surface area contributed by atoms with E-state index in [0.29, 0.717) is 54.0 Å².